The molecular weight excluding hydrogens is 206 g/mol. The van der Waals surface area contributed by atoms with Gasteiger partial charge in [-0.05, 0) is 19.3 Å². The minimum atomic E-state index is -0.00815. The zero-order valence-corrected chi connectivity index (χ0v) is 9.27. The molecule has 2 aliphatic rings. The monoisotopic (exact) mass is 221 g/mol. The summed E-state index contributed by atoms with van der Waals surface area (Å²) in [4.78, 5) is 14.2. The number of aryl methyl sites for hydroxylation is 1. The van der Waals surface area contributed by atoms with Crippen molar-refractivity contribution in [2.45, 2.75) is 19.4 Å². The summed E-state index contributed by atoms with van der Waals surface area (Å²) in [7, 11) is 0. The van der Waals surface area contributed by atoms with Gasteiger partial charge in [-0.1, -0.05) is 5.16 Å². The first-order valence-corrected chi connectivity index (χ1v) is 5.70. The molecule has 1 aromatic rings. The first kappa shape index (κ1) is 9.84. The number of hydrogen-bond acceptors (Lipinski definition) is 4. The van der Waals surface area contributed by atoms with E-state index in [1.165, 1.54) is 0 Å². The predicted molar refractivity (Wildman–Crippen MR) is 57.0 cm³/mol. The van der Waals surface area contributed by atoms with Crippen LogP contribution in [-0.4, -0.2) is 41.6 Å². The fraction of sp³-hybridized carbons (Fsp3) is 0.636. The Hall–Kier alpha value is -1.36. The molecule has 16 heavy (non-hydrogen) atoms. The van der Waals surface area contributed by atoms with Crippen molar-refractivity contribution in [2.24, 2.45) is 5.92 Å². The summed E-state index contributed by atoms with van der Waals surface area (Å²) in [6, 6.07) is 0.344. The summed E-state index contributed by atoms with van der Waals surface area (Å²) >= 11 is 0. The maximum Gasteiger partial charge on any atom is 0.293 e. The molecule has 3 heterocycles. The summed E-state index contributed by atoms with van der Waals surface area (Å²) < 4.78 is 5.03. The average molecular weight is 221 g/mol. The van der Waals surface area contributed by atoms with E-state index < -0.39 is 0 Å². The number of rotatable bonds is 1. The number of amides is 1. The van der Waals surface area contributed by atoms with Crippen LogP contribution in [0.5, 0.6) is 0 Å². The molecule has 1 N–H and O–H groups in total. The number of nitrogens with zero attached hydrogens (tertiary/aromatic N) is 2. The fourth-order valence-electron chi connectivity index (χ4n) is 2.73. The molecule has 1 aromatic heterocycles. The number of carbonyl (C=O) groups is 1. The molecule has 0 bridgehead atoms. The zero-order chi connectivity index (χ0) is 11.1. The van der Waals surface area contributed by atoms with Crippen LogP contribution in [0, 0.1) is 12.8 Å². The summed E-state index contributed by atoms with van der Waals surface area (Å²) in [5.74, 6) is 1.01. The highest BCUT2D eigenvalue weighted by atomic mass is 16.5. The molecule has 0 unspecified atom stereocenters. The van der Waals surface area contributed by atoms with Crippen LogP contribution in [-0.2, 0) is 0 Å². The molecule has 5 heteroatoms. The van der Waals surface area contributed by atoms with Crippen molar-refractivity contribution in [2.75, 3.05) is 19.6 Å². The quantitative estimate of drug-likeness (QED) is 0.746. The maximum absolute atomic E-state index is 12.2. The van der Waals surface area contributed by atoms with E-state index >= 15 is 0 Å². The van der Waals surface area contributed by atoms with E-state index in [2.05, 4.69) is 10.5 Å². The Kier molecular flexibility index (Phi) is 2.21. The van der Waals surface area contributed by atoms with Crippen LogP contribution in [0.2, 0.25) is 0 Å². The largest absolute Gasteiger partial charge is 0.351 e. The first-order chi connectivity index (χ1) is 7.77. The molecule has 0 saturated carbocycles. The van der Waals surface area contributed by atoms with E-state index in [4.69, 9.17) is 4.52 Å². The SMILES string of the molecule is Cc1cnoc1C(=O)N1CC[C@H]2CNC[C@H]21. The molecule has 0 spiro atoms. The highest BCUT2D eigenvalue weighted by molar-refractivity contribution is 5.93. The van der Waals surface area contributed by atoms with Crippen LogP contribution in [0.3, 0.4) is 0 Å². The third kappa shape index (κ3) is 1.35. The molecule has 0 radical (unpaired) electrons. The van der Waals surface area contributed by atoms with Crippen molar-refractivity contribution in [3.63, 3.8) is 0 Å². The molecule has 86 valence electrons. The molecule has 5 nitrogen and oxygen atoms in total. The number of carbonyl (C=O) groups excluding carboxylic acids is 1. The second kappa shape index (κ2) is 3.59. The van der Waals surface area contributed by atoms with Gasteiger partial charge in [0.15, 0.2) is 0 Å². The summed E-state index contributed by atoms with van der Waals surface area (Å²) in [5, 5.41) is 6.99. The van der Waals surface area contributed by atoms with E-state index in [9.17, 15) is 4.79 Å². The van der Waals surface area contributed by atoms with Gasteiger partial charge in [0.1, 0.15) is 0 Å². The van der Waals surface area contributed by atoms with E-state index in [0.29, 0.717) is 17.7 Å². The van der Waals surface area contributed by atoms with Gasteiger partial charge in [0.05, 0.1) is 6.20 Å². The molecule has 2 aliphatic heterocycles. The molecule has 2 fully saturated rings. The average Bonchev–Trinajstić information content (AvgIpc) is 2.90. The van der Waals surface area contributed by atoms with E-state index in [0.717, 1.165) is 31.6 Å². The summed E-state index contributed by atoms with van der Waals surface area (Å²) in [6.45, 7) is 4.63. The third-order valence-electron chi connectivity index (χ3n) is 3.65. The van der Waals surface area contributed by atoms with E-state index in [1.807, 2.05) is 11.8 Å². The summed E-state index contributed by atoms with van der Waals surface area (Å²) in [5.41, 5.74) is 0.819. The molecule has 1 amide bonds. The number of fused-ring (bicyclic) bond motifs is 1. The van der Waals surface area contributed by atoms with Crippen LogP contribution in [0.25, 0.3) is 0 Å². The minimum Gasteiger partial charge on any atom is -0.351 e. The van der Waals surface area contributed by atoms with Gasteiger partial charge in [-0.15, -0.1) is 0 Å². The van der Waals surface area contributed by atoms with Gasteiger partial charge in [0, 0.05) is 31.2 Å². The van der Waals surface area contributed by atoms with E-state index in [1.54, 1.807) is 6.20 Å². The van der Waals surface area contributed by atoms with Gasteiger partial charge in [-0.2, -0.15) is 0 Å². The minimum absolute atomic E-state index is 0.00815. The molecule has 0 aliphatic carbocycles. The van der Waals surface area contributed by atoms with Gasteiger partial charge in [-0.3, -0.25) is 4.79 Å². The number of hydrogen-bond donors (Lipinski definition) is 1. The molecular formula is C11H15N3O2. The Bertz CT molecular complexity index is 415. The third-order valence-corrected chi connectivity index (χ3v) is 3.65. The Balaban J connectivity index is 1.83. The van der Waals surface area contributed by atoms with Gasteiger partial charge in [-0.25, -0.2) is 0 Å². The lowest BCUT2D eigenvalue weighted by atomic mass is 10.1. The zero-order valence-electron chi connectivity index (χ0n) is 9.27. The summed E-state index contributed by atoms with van der Waals surface area (Å²) in [6.07, 6.45) is 2.68. The predicted octanol–water partition coefficient (Wildman–Crippen LogP) is 0.417. The second-order valence-electron chi connectivity index (χ2n) is 4.61. The van der Waals surface area contributed by atoms with Crippen molar-refractivity contribution >= 4 is 5.91 Å². The Morgan fingerprint density at radius 1 is 1.62 bits per heavy atom. The lowest BCUT2D eigenvalue weighted by Gasteiger charge is -2.22. The lowest BCUT2D eigenvalue weighted by Crippen LogP contribution is -2.39. The van der Waals surface area contributed by atoms with Crippen molar-refractivity contribution in [3.05, 3.63) is 17.5 Å². The first-order valence-electron chi connectivity index (χ1n) is 5.70. The second-order valence-corrected chi connectivity index (χ2v) is 4.61. The molecule has 0 aromatic carbocycles. The normalized spacial score (nSPS) is 28.4. The van der Waals surface area contributed by atoms with Gasteiger partial charge >= 0.3 is 0 Å². The standard InChI is InChI=1S/C11H15N3O2/c1-7-4-13-16-10(7)11(15)14-3-2-8-5-12-6-9(8)14/h4,8-9,12H,2-3,5-6H2,1H3/t8-,9+/m0/s1. The van der Waals surface area contributed by atoms with Crippen LogP contribution >= 0.6 is 0 Å². The van der Waals surface area contributed by atoms with E-state index in [-0.39, 0.29) is 5.91 Å². The lowest BCUT2D eigenvalue weighted by molar-refractivity contribution is 0.0694. The fourth-order valence-corrected chi connectivity index (χ4v) is 2.73. The van der Waals surface area contributed by atoms with Crippen molar-refractivity contribution < 1.29 is 9.32 Å². The van der Waals surface area contributed by atoms with Gasteiger partial charge < -0.3 is 14.7 Å². The smallest absolute Gasteiger partial charge is 0.293 e. The van der Waals surface area contributed by atoms with Crippen molar-refractivity contribution in [1.29, 1.82) is 0 Å². The van der Waals surface area contributed by atoms with Crippen LogP contribution in [0.1, 0.15) is 22.5 Å². The van der Waals surface area contributed by atoms with Crippen molar-refractivity contribution in [3.8, 4) is 0 Å². The highest BCUT2D eigenvalue weighted by Gasteiger charge is 2.41. The van der Waals surface area contributed by atoms with Crippen molar-refractivity contribution in [1.82, 2.24) is 15.4 Å². The topological polar surface area (TPSA) is 58.4 Å². The Morgan fingerprint density at radius 2 is 2.50 bits per heavy atom. The van der Waals surface area contributed by atoms with Gasteiger partial charge in [0.25, 0.3) is 5.91 Å². The molecule has 2 atom stereocenters. The van der Waals surface area contributed by atoms with Crippen LogP contribution in [0.4, 0.5) is 0 Å². The molecule has 2 saturated heterocycles. The number of nitrogens with one attached hydrogen (secondary N) is 1. The molecule has 3 rings (SSSR count). The Labute approximate surface area is 93.8 Å². The number of aromatic nitrogens is 1. The number of likely N-dealkylation sites (tertiary alicyclic amines) is 1. The maximum atomic E-state index is 12.2. The highest BCUT2D eigenvalue weighted by Crippen LogP contribution is 2.28. The van der Waals surface area contributed by atoms with Crippen LogP contribution < -0.4 is 5.32 Å². The van der Waals surface area contributed by atoms with Crippen LogP contribution in [0.15, 0.2) is 10.7 Å². The Morgan fingerprint density at radius 3 is 3.25 bits per heavy atom. The van der Waals surface area contributed by atoms with Gasteiger partial charge in [0.2, 0.25) is 5.76 Å².